The van der Waals surface area contributed by atoms with E-state index in [1.54, 1.807) is 11.0 Å². The third-order valence-electron chi connectivity index (χ3n) is 3.06. The number of thiophene rings is 1. The fourth-order valence-electron chi connectivity index (χ4n) is 2.09. The van der Waals surface area contributed by atoms with Gasteiger partial charge in [0, 0.05) is 13.1 Å². The summed E-state index contributed by atoms with van der Waals surface area (Å²) in [7, 11) is 0. The van der Waals surface area contributed by atoms with Crippen LogP contribution in [0.4, 0.5) is 0 Å². The van der Waals surface area contributed by atoms with Crippen molar-refractivity contribution >= 4 is 28.8 Å². The number of nitrogens with zero attached hydrogens (tertiary/aromatic N) is 2. The van der Waals surface area contributed by atoms with Gasteiger partial charge in [0.05, 0.1) is 16.5 Å². The van der Waals surface area contributed by atoms with Crippen LogP contribution in [-0.4, -0.2) is 23.9 Å². The van der Waals surface area contributed by atoms with Crippen LogP contribution in [0.3, 0.4) is 0 Å². The molecule has 0 N–H and O–H groups in total. The second kappa shape index (κ2) is 4.67. The molecule has 1 amide bonds. The standard InChI is InChI=1S/C12H13ClN2OS/c1-12(7-14)4-2-5-15(8-12)11(16)10-9(13)3-6-17-10/h3,6H,2,4-5,8H2,1H3/t12-/m0/s1. The highest BCUT2D eigenvalue weighted by molar-refractivity contribution is 7.12. The summed E-state index contributed by atoms with van der Waals surface area (Å²) in [4.78, 5) is 14.5. The Morgan fingerprint density at radius 1 is 1.71 bits per heavy atom. The van der Waals surface area contributed by atoms with Gasteiger partial charge in [-0.1, -0.05) is 11.6 Å². The van der Waals surface area contributed by atoms with Gasteiger partial charge >= 0.3 is 0 Å². The Kier molecular flexibility index (Phi) is 3.41. The van der Waals surface area contributed by atoms with Crippen LogP contribution in [0.2, 0.25) is 5.02 Å². The molecule has 1 atom stereocenters. The van der Waals surface area contributed by atoms with Crippen molar-refractivity contribution in [3.05, 3.63) is 21.3 Å². The molecule has 1 aromatic rings. The zero-order chi connectivity index (χ0) is 12.5. The monoisotopic (exact) mass is 268 g/mol. The number of likely N-dealkylation sites (tertiary alicyclic amines) is 1. The molecule has 0 aromatic carbocycles. The van der Waals surface area contributed by atoms with Crippen LogP contribution in [0.15, 0.2) is 11.4 Å². The molecule has 90 valence electrons. The van der Waals surface area contributed by atoms with Crippen molar-refractivity contribution in [3.8, 4) is 6.07 Å². The van der Waals surface area contributed by atoms with Crippen LogP contribution in [0.25, 0.3) is 0 Å². The normalized spacial score (nSPS) is 24.4. The molecule has 0 spiro atoms. The molecule has 1 saturated heterocycles. The number of hydrogen-bond donors (Lipinski definition) is 0. The predicted octanol–water partition coefficient (Wildman–Crippen LogP) is 3.17. The first kappa shape index (κ1) is 12.4. The molecular weight excluding hydrogens is 256 g/mol. The summed E-state index contributed by atoms with van der Waals surface area (Å²) < 4.78 is 0. The third kappa shape index (κ3) is 2.46. The van der Waals surface area contributed by atoms with E-state index >= 15 is 0 Å². The van der Waals surface area contributed by atoms with Crippen molar-refractivity contribution < 1.29 is 4.79 Å². The number of rotatable bonds is 1. The molecule has 0 saturated carbocycles. The second-order valence-corrected chi connectivity index (χ2v) is 5.92. The zero-order valence-electron chi connectivity index (χ0n) is 9.57. The van der Waals surface area contributed by atoms with Crippen LogP contribution < -0.4 is 0 Å². The number of amides is 1. The van der Waals surface area contributed by atoms with Crippen LogP contribution in [0, 0.1) is 16.7 Å². The molecule has 1 fully saturated rings. The van der Waals surface area contributed by atoms with Crippen molar-refractivity contribution in [3.63, 3.8) is 0 Å². The van der Waals surface area contributed by atoms with Gasteiger partial charge in [-0.25, -0.2) is 0 Å². The molecule has 0 unspecified atom stereocenters. The molecule has 0 aliphatic carbocycles. The van der Waals surface area contributed by atoms with E-state index in [-0.39, 0.29) is 5.91 Å². The first-order valence-electron chi connectivity index (χ1n) is 5.49. The van der Waals surface area contributed by atoms with Crippen molar-refractivity contribution in [2.75, 3.05) is 13.1 Å². The Balaban J connectivity index is 2.17. The van der Waals surface area contributed by atoms with Crippen molar-refractivity contribution in [1.82, 2.24) is 4.90 Å². The molecule has 1 aliphatic rings. The summed E-state index contributed by atoms with van der Waals surface area (Å²) in [6.07, 6.45) is 1.73. The first-order valence-corrected chi connectivity index (χ1v) is 6.75. The van der Waals surface area contributed by atoms with E-state index in [1.165, 1.54) is 11.3 Å². The lowest BCUT2D eigenvalue weighted by Gasteiger charge is -2.35. The van der Waals surface area contributed by atoms with Gasteiger partial charge in [0.1, 0.15) is 4.88 Å². The van der Waals surface area contributed by atoms with E-state index in [0.29, 0.717) is 23.0 Å². The minimum absolute atomic E-state index is 0.0498. The molecule has 0 bridgehead atoms. The molecule has 1 aromatic heterocycles. The SMILES string of the molecule is C[C@@]1(C#N)CCCN(C(=O)c2sccc2Cl)C1. The lowest BCUT2D eigenvalue weighted by atomic mass is 9.83. The van der Waals surface area contributed by atoms with E-state index in [2.05, 4.69) is 6.07 Å². The fraction of sp³-hybridized carbons (Fsp3) is 0.500. The van der Waals surface area contributed by atoms with Crippen LogP contribution in [0.1, 0.15) is 29.4 Å². The number of carbonyl (C=O) groups excluding carboxylic acids is 1. The van der Waals surface area contributed by atoms with Crippen molar-refractivity contribution in [1.29, 1.82) is 5.26 Å². The molecule has 0 radical (unpaired) electrons. The van der Waals surface area contributed by atoms with E-state index in [9.17, 15) is 4.79 Å². The average Bonchev–Trinajstić information content (AvgIpc) is 2.75. The Morgan fingerprint density at radius 3 is 3.06 bits per heavy atom. The first-order chi connectivity index (χ1) is 8.06. The van der Waals surface area contributed by atoms with Gasteiger partial charge in [-0.3, -0.25) is 4.79 Å². The largest absolute Gasteiger partial charge is 0.336 e. The highest BCUT2D eigenvalue weighted by Gasteiger charge is 2.34. The summed E-state index contributed by atoms with van der Waals surface area (Å²) in [5.41, 5.74) is -0.419. The summed E-state index contributed by atoms with van der Waals surface area (Å²) in [5.74, 6) is -0.0498. The van der Waals surface area contributed by atoms with Gasteiger partial charge in [0.25, 0.3) is 5.91 Å². The second-order valence-electron chi connectivity index (χ2n) is 4.60. The Morgan fingerprint density at radius 2 is 2.47 bits per heavy atom. The topological polar surface area (TPSA) is 44.1 Å². The van der Waals surface area contributed by atoms with Crippen LogP contribution in [0.5, 0.6) is 0 Å². The number of carbonyl (C=O) groups is 1. The Bertz CT molecular complexity index is 479. The minimum atomic E-state index is -0.419. The summed E-state index contributed by atoms with van der Waals surface area (Å²) in [6.45, 7) is 3.11. The molecule has 3 nitrogen and oxygen atoms in total. The molecular formula is C12H13ClN2OS. The maximum Gasteiger partial charge on any atom is 0.265 e. The molecule has 2 heterocycles. The lowest BCUT2D eigenvalue weighted by Crippen LogP contribution is -2.44. The van der Waals surface area contributed by atoms with Gasteiger partial charge in [-0.15, -0.1) is 11.3 Å². The summed E-state index contributed by atoms with van der Waals surface area (Å²) in [6, 6.07) is 4.03. The molecule has 17 heavy (non-hydrogen) atoms. The van der Waals surface area contributed by atoms with Crippen LogP contribution in [-0.2, 0) is 0 Å². The van der Waals surface area contributed by atoms with E-state index in [4.69, 9.17) is 16.9 Å². The average molecular weight is 269 g/mol. The van der Waals surface area contributed by atoms with Crippen LogP contribution >= 0.6 is 22.9 Å². The minimum Gasteiger partial charge on any atom is -0.336 e. The molecule has 5 heteroatoms. The Hall–Kier alpha value is -1.05. The molecule has 2 rings (SSSR count). The van der Waals surface area contributed by atoms with Gasteiger partial charge < -0.3 is 4.90 Å². The quantitative estimate of drug-likeness (QED) is 0.785. The van der Waals surface area contributed by atoms with Gasteiger partial charge in [-0.2, -0.15) is 5.26 Å². The van der Waals surface area contributed by atoms with Gasteiger partial charge in [0.15, 0.2) is 0 Å². The molecule has 1 aliphatic heterocycles. The number of piperidine rings is 1. The van der Waals surface area contributed by atoms with Crippen molar-refractivity contribution in [2.45, 2.75) is 19.8 Å². The predicted molar refractivity (Wildman–Crippen MR) is 68.2 cm³/mol. The summed E-state index contributed by atoms with van der Waals surface area (Å²) in [5, 5.41) is 11.4. The highest BCUT2D eigenvalue weighted by Crippen LogP contribution is 2.31. The van der Waals surface area contributed by atoms with Crippen molar-refractivity contribution in [2.24, 2.45) is 5.41 Å². The number of nitriles is 1. The van der Waals surface area contributed by atoms with E-state index < -0.39 is 5.41 Å². The third-order valence-corrected chi connectivity index (χ3v) is 4.39. The number of halogens is 1. The number of hydrogen-bond acceptors (Lipinski definition) is 3. The van der Waals surface area contributed by atoms with E-state index in [1.807, 2.05) is 12.3 Å². The summed E-state index contributed by atoms with van der Waals surface area (Å²) >= 11 is 7.31. The van der Waals surface area contributed by atoms with E-state index in [0.717, 1.165) is 12.8 Å². The fourth-order valence-corrected chi connectivity index (χ4v) is 3.20. The van der Waals surface area contributed by atoms with Gasteiger partial charge in [0.2, 0.25) is 0 Å². The maximum absolute atomic E-state index is 12.2. The zero-order valence-corrected chi connectivity index (χ0v) is 11.1. The highest BCUT2D eigenvalue weighted by atomic mass is 35.5. The lowest BCUT2D eigenvalue weighted by molar-refractivity contribution is 0.0635. The maximum atomic E-state index is 12.2. The Labute approximate surface area is 110 Å². The van der Waals surface area contributed by atoms with Gasteiger partial charge in [-0.05, 0) is 31.2 Å². The smallest absolute Gasteiger partial charge is 0.265 e.